The number of aromatic nitrogens is 1. The summed E-state index contributed by atoms with van der Waals surface area (Å²) in [6.07, 6.45) is 4.00. The van der Waals surface area contributed by atoms with Crippen molar-refractivity contribution in [2.45, 2.75) is 25.9 Å². The molecular formula is C12H17N3O2. The van der Waals surface area contributed by atoms with Crippen LogP contribution in [-0.2, 0) is 17.9 Å². The number of nitrogens with zero attached hydrogens (tertiary/aromatic N) is 1. The Morgan fingerprint density at radius 3 is 2.94 bits per heavy atom. The van der Waals surface area contributed by atoms with Crippen LogP contribution in [0.2, 0.25) is 0 Å². The van der Waals surface area contributed by atoms with Gasteiger partial charge in [0.2, 0.25) is 5.91 Å². The fourth-order valence-electron chi connectivity index (χ4n) is 1.66. The van der Waals surface area contributed by atoms with Crippen LogP contribution in [0.4, 0.5) is 0 Å². The molecule has 0 spiro atoms. The topological polar surface area (TPSA) is 77.1 Å². The predicted octanol–water partition coefficient (Wildman–Crippen LogP) is -0.167. The van der Waals surface area contributed by atoms with Gasteiger partial charge in [0, 0.05) is 24.8 Å². The highest BCUT2D eigenvalue weighted by Crippen LogP contribution is 2.27. The molecule has 1 amide bonds. The molecule has 1 saturated carbocycles. The fraction of sp³-hybridized carbons (Fsp3) is 0.500. The predicted molar refractivity (Wildman–Crippen MR) is 64.3 cm³/mol. The van der Waals surface area contributed by atoms with Crippen molar-refractivity contribution in [2.24, 2.45) is 11.7 Å². The van der Waals surface area contributed by atoms with E-state index in [2.05, 4.69) is 5.32 Å². The van der Waals surface area contributed by atoms with Gasteiger partial charge in [0.1, 0.15) is 6.54 Å². The highest BCUT2D eigenvalue weighted by molar-refractivity contribution is 5.75. The second-order valence-corrected chi connectivity index (χ2v) is 4.42. The lowest BCUT2D eigenvalue weighted by atomic mass is 10.3. The van der Waals surface area contributed by atoms with Crippen LogP contribution in [0.3, 0.4) is 0 Å². The highest BCUT2D eigenvalue weighted by atomic mass is 16.2. The maximum Gasteiger partial charge on any atom is 0.255 e. The molecule has 1 aromatic heterocycles. The van der Waals surface area contributed by atoms with Crippen LogP contribution in [0.25, 0.3) is 0 Å². The summed E-state index contributed by atoms with van der Waals surface area (Å²) in [4.78, 5) is 23.4. The number of carbonyl (C=O) groups is 1. The van der Waals surface area contributed by atoms with Crippen LogP contribution in [0.1, 0.15) is 18.4 Å². The van der Waals surface area contributed by atoms with Gasteiger partial charge in [-0.2, -0.15) is 0 Å². The zero-order chi connectivity index (χ0) is 12.3. The molecule has 17 heavy (non-hydrogen) atoms. The van der Waals surface area contributed by atoms with Gasteiger partial charge in [-0.1, -0.05) is 6.07 Å². The average Bonchev–Trinajstić information content (AvgIpc) is 3.13. The Morgan fingerprint density at radius 2 is 2.29 bits per heavy atom. The van der Waals surface area contributed by atoms with Crippen LogP contribution in [0.15, 0.2) is 23.1 Å². The summed E-state index contributed by atoms with van der Waals surface area (Å²) in [6, 6.07) is 3.42. The number of nitrogens with one attached hydrogen (secondary N) is 1. The van der Waals surface area contributed by atoms with E-state index in [0.29, 0.717) is 11.5 Å². The van der Waals surface area contributed by atoms with E-state index in [0.717, 1.165) is 6.54 Å². The second kappa shape index (κ2) is 5.14. The zero-order valence-corrected chi connectivity index (χ0v) is 9.69. The molecule has 0 bridgehead atoms. The molecule has 0 unspecified atom stereocenters. The average molecular weight is 235 g/mol. The number of hydrogen-bond acceptors (Lipinski definition) is 3. The minimum Gasteiger partial charge on any atom is -0.354 e. The number of hydrogen-bond donors (Lipinski definition) is 2. The first-order chi connectivity index (χ1) is 8.20. The molecule has 5 heteroatoms. The SMILES string of the molecule is NCc1cccn(CC(=O)NCC2CC2)c1=O. The maximum absolute atomic E-state index is 11.8. The van der Waals surface area contributed by atoms with Gasteiger partial charge in [0.15, 0.2) is 0 Å². The molecule has 0 aliphatic heterocycles. The molecule has 2 rings (SSSR count). The first-order valence-electron chi connectivity index (χ1n) is 5.86. The van der Waals surface area contributed by atoms with E-state index in [1.54, 1.807) is 18.3 Å². The molecule has 3 N–H and O–H groups in total. The first-order valence-corrected chi connectivity index (χ1v) is 5.86. The first kappa shape index (κ1) is 11.9. The molecule has 5 nitrogen and oxygen atoms in total. The van der Waals surface area contributed by atoms with Gasteiger partial charge >= 0.3 is 0 Å². The van der Waals surface area contributed by atoms with Crippen LogP contribution < -0.4 is 16.6 Å². The van der Waals surface area contributed by atoms with Gasteiger partial charge in [0.25, 0.3) is 5.56 Å². The number of pyridine rings is 1. The van der Waals surface area contributed by atoms with E-state index in [-0.39, 0.29) is 24.6 Å². The Bertz CT molecular complexity index is 463. The van der Waals surface area contributed by atoms with Crippen LogP contribution >= 0.6 is 0 Å². The largest absolute Gasteiger partial charge is 0.354 e. The highest BCUT2D eigenvalue weighted by Gasteiger charge is 2.21. The van der Waals surface area contributed by atoms with Crippen LogP contribution in [0.5, 0.6) is 0 Å². The minimum absolute atomic E-state index is 0.0688. The number of carbonyl (C=O) groups excluding carboxylic acids is 1. The number of nitrogens with two attached hydrogens (primary N) is 1. The van der Waals surface area contributed by atoms with Gasteiger partial charge in [0.05, 0.1) is 0 Å². The van der Waals surface area contributed by atoms with Gasteiger partial charge in [-0.05, 0) is 24.8 Å². The van der Waals surface area contributed by atoms with E-state index in [1.165, 1.54) is 17.4 Å². The monoisotopic (exact) mass is 235 g/mol. The van der Waals surface area contributed by atoms with Gasteiger partial charge in [-0.3, -0.25) is 9.59 Å². The third-order valence-electron chi connectivity index (χ3n) is 2.92. The Morgan fingerprint density at radius 1 is 1.53 bits per heavy atom. The van der Waals surface area contributed by atoms with Crippen molar-refractivity contribution in [3.05, 3.63) is 34.2 Å². The lowest BCUT2D eigenvalue weighted by Gasteiger charge is -2.07. The van der Waals surface area contributed by atoms with Crippen molar-refractivity contribution in [2.75, 3.05) is 6.54 Å². The summed E-state index contributed by atoms with van der Waals surface area (Å²) in [5.74, 6) is 0.527. The third-order valence-corrected chi connectivity index (χ3v) is 2.92. The summed E-state index contributed by atoms with van der Waals surface area (Å²) in [5, 5.41) is 2.83. The molecule has 0 aromatic carbocycles. The molecule has 0 saturated heterocycles. The van der Waals surface area contributed by atoms with Crippen molar-refractivity contribution in [1.82, 2.24) is 9.88 Å². The van der Waals surface area contributed by atoms with Gasteiger partial charge < -0.3 is 15.6 Å². The van der Waals surface area contributed by atoms with E-state index in [4.69, 9.17) is 5.73 Å². The fourth-order valence-corrected chi connectivity index (χ4v) is 1.66. The van der Waals surface area contributed by atoms with Gasteiger partial charge in [-0.15, -0.1) is 0 Å². The molecule has 1 aliphatic rings. The second-order valence-electron chi connectivity index (χ2n) is 4.42. The Labute approximate surface area is 99.6 Å². The van der Waals surface area contributed by atoms with Crippen LogP contribution in [-0.4, -0.2) is 17.0 Å². The molecular weight excluding hydrogens is 218 g/mol. The number of rotatable bonds is 5. The molecule has 92 valence electrons. The van der Waals surface area contributed by atoms with Crippen molar-refractivity contribution in [1.29, 1.82) is 0 Å². The van der Waals surface area contributed by atoms with Crippen molar-refractivity contribution in [3.63, 3.8) is 0 Å². The summed E-state index contributed by atoms with van der Waals surface area (Å²) in [6.45, 7) is 0.993. The lowest BCUT2D eigenvalue weighted by molar-refractivity contribution is -0.121. The molecule has 1 heterocycles. The third kappa shape index (κ3) is 3.17. The normalized spacial score (nSPS) is 14.6. The smallest absolute Gasteiger partial charge is 0.255 e. The van der Waals surface area contributed by atoms with Crippen LogP contribution in [0, 0.1) is 5.92 Å². The summed E-state index contributed by atoms with van der Waals surface area (Å²) < 4.78 is 1.39. The van der Waals surface area contributed by atoms with Crippen molar-refractivity contribution >= 4 is 5.91 Å². The number of amides is 1. The van der Waals surface area contributed by atoms with E-state index >= 15 is 0 Å². The molecule has 1 aliphatic carbocycles. The Hall–Kier alpha value is -1.62. The Kier molecular flexibility index (Phi) is 3.58. The minimum atomic E-state index is -0.184. The molecule has 0 atom stereocenters. The maximum atomic E-state index is 11.8. The van der Waals surface area contributed by atoms with Crippen molar-refractivity contribution < 1.29 is 4.79 Å². The van der Waals surface area contributed by atoms with E-state index in [9.17, 15) is 9.59 Å². The van der Waals surface area contributed by atoms with E-state index < -0.39 is 0 Å². The zero-order valence-electron chi connectivity index (χ0n) is 9.69. The summed E-state index contributed by atoms with van der Waals surface area (Å²) in [5.41, 5.74) is 5.79. The Balaban J connectivity index is 1.97. The van der Waals surface area contributed by atoms with Crippen molar-refractivity contribution in [3.8, 4) is 0 Å². The molecule has 0 radical (unpaired) electrons. The molecule has 1 aromatic rings. The lowest BCUT2D eigenvalue weighted by Crippen LogP contribution is -2.34. The quantitative estimate of drug-likeness (QED) is 0.744. The summed E-state index contributed by atoms with van der Waals surface area (Å²) in [7, 11) is 0. The molecule has 1 fully saturated rings. The van der Waals surface area contributed by atoms with Gasteiger partial charge in [-0.25, -0.2) is 0 Å². The summed E-state index contributed by atoms with van der Waals surface area (Å²) >= 11 is 0. The van der Waals surface area contributed by atoms with E-state index in [1.807, 2.05) is 0 Å². The standard InChI is InChI=1S/C12H17N3O2/c13-6-10-2-1-5-15(12(10)17)8-11(16)14-7-9-3-4-9/h1-2,5,9H,3-4,6-8,13H2,(H,14,16).